The van der Waals surface area contributed by atoms with Gasteiger partial charge in [0.15, 0.2) is 0 Å². The maximum absolute atomic E-state index is 2.24. The molecule has 0 spiro atoms. The van der Waals surface area contributed by atoms with Crippen molar-refractivity contribution in [2.75, 3.05) is 6.26 Å². The summed E-state index contributed by atoms with van der Waals surface area (Å²) in [5.74, 6) is 1.21. The third kappa shape index (κ3) is 6.76. The summed E-state index contributed by atoms with van der Waals surface area (Å²) in [6.07, 6.45) is 2.14. The molecule has 0 aliphatic rings. The van der Waals surface area contributed by atoms with Crippen LogP contribution in [-0.2, 0) is 0 Å². The van der Waals surface area contributed by atoms with Gasteiger partial charge in [-0.25, -0.2) is 11.6 Å². The van der Waals surface area contributed by atoms with Crippen LogP contribution in [0.15, 0.2) is 0 Å². The molecule has 3 heteroatoms. The topological polar surface area (TPSA) is 0 Å². The monoisotopic (exact) mass is 148 g/mol. The molecule has 0 aromatic rings. The maximum Gasteiger partial charge on any atom is 0.256 e. The highest BCUT2D eigenvalue weighted by Gasteiger charge is 2.08. The van der Waals surface area contributed by atoms with Gasteiger partial charge in [0, 0.05) is 0 Å². The van der Waals surface area contributed by atoms with Gasteiger partial charge in [-0.2, -0.15) is 11.6 Å². The highest BCUT2D eigenvalue weighted by Crippen LogP contribution is 2.23. The zero-order valence-electron chi connectivity index (χ0n) is 6.02. The normalized spacial score (nSPS) is 11.5. The van der Waals surface area contributed by atoms with Crippen LogP contribution < -0.4 is 0 Å². The zero-order chi connectivity index (χ0) is 6.62. The standard InChI is InChI=1S/C5H13BS2/c1-5(2,3)8-6-7-4/h6H,1-4H3. The number of hydrogen-bond donors (Lipinski definition) is 0. The second-order valence-corrected chi connectivity index (χ2v) is 5.70. The molecule has 8 heavy (non-hydrogen) atoms. The predicted octanol–water partition coefficient (Wildman–Crippen LogP) is 2.15. The molecule has 0 nitrogen and oxygen atoms in total. The molecule has 0 heterocycles. The van der Waals surface area contributed by atoms with Gasteiger partial charge in [0.05, 0.1) is 0 Å². The van der Waals surface area contributed by atoms with Crippen LogP contribution in [0.5, 0.6) is 0 Å². The van der Waals surface area contributed by atoms with Crippen molar-refractivity contribution >= 4 is 29.1 Å². The van der Waals surface area contributed by atoms with Gasteiger partial charge in [-0.3, -0.25) is 0 Å². The summed E-state index contributed by atoms with van der Waals surface area (Å²) in [6, 6.07) is 0. The summed E-state index contributed by atoms with van der Waals surface area (Å²) >= 11 is 3.89. The summed E-state index contributed by atoms with van der Waals surface area (Å²) in [4.78, 5) is 0. The molecule has 0 aromatic carbocycles. The number of rotatable bonds is 2. The van der Waals surface area contributed by atoms with Gasteiger partial charge in [-0.1, -0.05) is 20.8 Å². The quantitative estimate of drug-likeness (QED) is 0.550. The zero-order valence-corrected chi connectivity index (χ0v) is 7.66. The summed E-state index contributed by atoms with van der Waals surface area (Å²) < 4.78 is 0.447. The molecular formula is C5H13BS2. The van der Waals surface area contributed by atoms with Crippen molar-refractivity contribution in [1.29, 1.82) is 0 Å². The van der Waals surface area contributed by atoms with Crippen molar-refractivity contribution in [3.8, 4) is 0 Å². The molecule has 0 fully saturated rings. The third-order valence-corrected chi connectivity index (χ3v) is 2.89. The highest BCUT2D eigenvalue weighted by atomic mass is 32.2. The van der Waals surface area contributed by atoms with Gasteiger partial charge in [0.1, 0.15) is 0 Å². The van der Waals surface area contributed by atoms with Crippen LogP contribution in [0.4, 0.5) is 0 Å². The van der Waals surface area contributed by atoms with Crippen LogP contribution in [-0.4, -0.2) is 16.8 Å². The van der Waals surface area contributed by atoms with E-state index in [1.165, 1.54) is 5.84 Å². The van der Waals surface area contributed by atoms with E-state index in [9.17, 15) is 0 Å². The maximum atomic E-state index is 2.24. The first-order valence-corrected chi connectivity index (χ1v) is 5.07. The van der Waals surface area contributed by atoms with Crippen LogP contribution >= 0.6 is 23.2 Å². The average Bonchev–Trinajstić information content (AvgIpc) is 1.59. The number of hydrogen-bond acceptors (Lipinski definition) is 2. The van der Waals surface area contributed by atoms with E-state index in [-0.39, 0.29) is 0 Å². The smallest absolute Gasteiger partial charge is 0.203 e. The van der Waals surface area contributed by atoms with Crippen molar-refractivity contribution < 1.29 is 0 Å². The molecule has 0 aliphatic carbocycles. The first-order chi connectivity index (χ1) is 3.56. The summed E-state index contributed by atoms with van der Waals surface area (Å²) in [7, 11) is 0. The van der Waals surface area contributed by atoms with E-state index in [2.05, 4.69) is 27.0 Å². The molecule has 0 bridgehead atoms. The fourth-order valence-corrected chi connectivity index (χ4v) is 2.12. The Morgan fingerprint density at radius 3 is 1.88 bits per heavy atom. The lowest BCUT2D eigenvalue weighted by molar-refractivity contribution is 0.810. The summed E-state index contributed by atoms with van der Waals surface area (Å²) in [5, 5.41) is 0. The molecule has 0 radical (unpaired) electrons. The van der Waals surface area contributed by atoms with Crippen LogP contribution in [0.25, 0.3) is 0 Å². The molecule has 0 N–H and O–H groups in total. The Kier molecular flexibility index (Phi) is 4.08. The first kappa shape index (κ1) is 8.76. The van der Waals surface area contributed by atoms with Crippen LogP contribution in [0, 0.1) is 0 Å². The minimum absolute atomic E-state index is 0.447. The Bertz CT molecular complexity index is 57.9. The van der Waals surface area contributed by atoms with E-state index in [0.717, 1.165) is 0 Å². The molecule has 0 unspecified atom stereocenters. The Balaban J connectivity index is 3.11. The Morgan fingerprint density at radius 1 is 1.25 bits per heavy atom. The fraction of sp³-hybridized carbons (Fsp3) is 1.00. The summed E-state index contributed by atoms with van der Waals surface area (Å²) in [6.45, 7) is 6.73. The second kappa shape index (κ2) is 3.73. The van der Waals surface area contributed by atoms with Gasteiger partial charge < -0.3 is 0 Å². The van der Waals surface area contributed by atoms with E-state index in [4.69, 9.17) is 0 Å². The van der Waals surface area contributed by atoms with Gasteiger partial charge >= 0.3 is 0 Å². The second-order valence-electron chi connectivity index (χ2n) is 2.66. The van der Waals surface area contributed by atoms with Crippen molar-refractivity contribution in [3.63, 3.8) is 0 Å². The van der Waals surface area contributed by atoms with E-state index >= 15 is 0 Å². The average molecular weight is 148 g/mol. The predicted molar refractivity (Wildman–Crippen MR) is 48.0 cm³/mol. The molecule has 0 atom stereocenters. The largest absolute Gasteiger partial charge is 0.256 e. The van der Waals surface area contributed by atoms with Crippen LogP contribution in [0.1, 0.15) is 20.8 Å². The van der Waals surface area contributed by atoms with Gasteiger partial charge in [0.2, 0.25) is 0 Å². The molecule has 0 amide bonds. The van der Waals surface area contributed by atoms with E-state index in [1.54, 1.807) is 0 Å². The van der Waals surface area contributed by atoms with Crippen molar-refractivity contribution in [2.45, 2.75) is 25.5 Å². The van der Waals surface area contributed by atoms with Crippen molar-refractivity contribution in [2.24, 2.45) is 0 Å². The molecule has 48 valence electrons. The van der Waals surface area contributed by atoms with Gasteiger partial charge in [0.25, 0.3) is 5.84 Å². The minimum Gasteiger partial charge on any atom is -0.203 e. The van der Waals surface area contributed by atoms with Crippen molar-refractivity contribution in [3.05, 3.63) is 0 Å². The molecule has 0 saturated carbocycles. The van der Waals surface area contributed by atoms with E-state index in [0.29, 0.717) is 4.75 Å². The lowest BCUT2D eigenvalue weighted by Crippen LogP contribution is -2.08. The van der Waals surface area contributed by atoms with Crippen molar-refractivity contribution in [1.82, 2.24) is 0 Å². The molecule has 0 aliphatic heterocycles. The Labute approximate surface area is 61.2 Å². The molecule has 0 saturated heterocycles. The van der Waals surface area contributed by atoms with Crippen LogP contribution in [0.3, 0.4) is 0 Å². The molecular weight excluding hydrogens is 135 g/mol. The fourth-order valence-electron chi connectivity index (χ4n) is 0.236. The SMILES string of the molecule is CSBSC(C)(C)C. The van der Waals surface area contributed by atoms with E-state index < -0.39 is 0 Å². The lowest BCUT2D eigenvalue weighted by Gasteiger charge is -2.15. The highest BCUT2D eigenvalue weighted by molar-refractivity contribution is 8.50. The molecule has 0 rings (SSSR count). The minimum atomic E-state index is 0.447. The first-order valence-electron chi connectivity index (χ1n) is 2.69. The van der Waals surface area contributed by atoms with Crippen LogP contribution in [0.2, 0.25) is 0 Å². The Morgan fingerprint density at radius 2 is 1.75 bits per heavy atom. The Hall–Kier alpha value is 0.765. The third-order valence-electron chi connectivity index (χ3n) is 0.610. The van der Waals surface area contributed by atoms with Gasteiger partial charge in [-0.15, -0.1) is 0 Å². The summed E-state index contributed by atoms with van der Waals surface area (Å²) in [5.41, 5.74) is 0. The van der Waals surface area contributed by atoms with Gasteiger partial charge in [-0.05, 0) is 11.0 Å². The van der Waals surface area contributed by atoms with E-state index in [1.807, 2.05) is 23.2 Å². The lowest BCUT2D eigenvalue weighted by atomic mass is 10.3. The molecule has 0 aromatic heterocycles.